The molecule has 0 saturated heterocycles. The lowest BCUT2D eigenvalue weighted by Crippen LogP contribution is -2.31. The molecule has 0 fully saturated rings. The Kier molecular flexibility index (Phi) is 7.76. The first-order valence-electron chi connectivity index (χ1n) is 5.33. The molecule has 0 aliphatic heterocycles. The maximum absolute atomic E-state index is 11.5. The standard InChI is InChI=1S/C11H22NO/c1-4-7-9-11(13)12(6-3)10-8-5-2/h1,4-10H2,2-3H3. The van der Waals surface area contributed by atoms with Gasteiger partial charge in [0, 0.05) is 19.5 Å². The Hall–Kier alpha value is -0.530. The van der Waals surface area contributed by atoms with Gasteiger partial charge in [-0.05, 0) is 19.8 Å². The SMILES string of the molecule is [CH2]CCCC(=O)N(CC)CCCC. The first-order valence-corrected chi connectivity index (χ1v) is 5.33. The molecule has 13 heavy (non-hydrogen) atoms. The predicted molar refractivity (Wildman–Crippen MR) is 56.4 cm³/mol. The summed E-state index contributed by atoms with van der Waals surface area (Å²) in [5, 5.41) is 0. The van der Waals surface area contributed by atoms with Gasteiger partial charge in [-0.2, -0.15) is 0 Å². The van der Waals surface area contributed by atoms with Crippen LogP contribution in [0.15, 0.2) is 0 Å². The molecule has 77 valence electrons. The van der Waals surface area contributed by atoms with Crippen LogP contribution in [0.3, 0.4) is 0 Å². The zero-order valence-electron chi connectivity index (χ0n) is 9.01. The number of hydrogen-bond acceptors (Lipinski definition) is 1. The molecule has 0 bridgehead atoms. The van der Waals surface area contributed by atoms with Crippen molar-refractivity contribution >= 4 is 5.91 Å². The molecule has 1 radical (unpaired) electrons. The minimum absolute atomic E-state index is 0.291. The first kappa shape index (κ1) is 12.5. The van der Waals surface area contributed by atoms with Crippen LogP contribution < -0.4 is 0 Å². The molecule has 0 spiro atoms. The van der Waals surface area contributed by atoms with Crippen LogP contribution in [0.4, 0.5) is 0 Å². The fourth-order valence-corrected chi connectivity index (χ4v) is 1.24. The quantitative estimate of drug-likeness (QED) is 0.595. The summed E-state index contributed by atoms with van der Waals surface area (Å²) >= 11 is 0. The number of amides is 1. The lowest BCUT2D eigenvalue weighted by atomic mass is 10.2. The second-order valence-electron chi connectivity index (χ2n) is 3.28. The Morgan fingerprint density at radius 3 is 2.46 bits per heavy atom. The summed E-state index contributed by atoms with van der Waals surface area (Å²) in [5.74, 6) is 0.291. The second-order valence-corrected chi connectivity index (χ2v) is 3.28. The molecule has 0 aromatic rings. The minimum atomic E-state index is 0.291. The summed E-state index contributed by atoms with van der Waals surface area (Å²) in [6.45, 7) is 9.68. The van der Waals surface area contributed by atoms with Gasteiger partial charge in [-0.1, -0.05) is 26.7 Å². The van der Waals surface area contributed by atoms with E-state index in [1.54, 1.807) is 0 Å². The van der Waals surface area contributed by atoms with E-state index in [4.69, 9.17) is 0 Å². The van der Waals surface area contributed by atoms with Gasteiger partial charge in [0.25, 0.3) is 0 Å². The maximum atomic E-state index is 11.5. The highest BCUT2D eigenvalue weighted by molar-refractivity contribution is 5.76. The lowest BCUT2D eigenvalue weighted by molar-refractivity contribution is -0.131. The van der Waals surface area contributed by atoms with Crippen molar-refractivity contribution in [2.45, 2.75) is 46.0 Å². The molecule has 0 heterocycles. The Morgan fingerprint density at radius 2 is 2.00 bits per heavy atom. The number of unbranched alkanes of at least 4 members (excludes halogenated alkanes) is 2. The molecule has 0 atom stereocenters. The van der Waals surface area contributed by atoms with Crippen molar-refractivity contribution in [1.82, 2.24) is 4.90 Å². The fourth-order valence-electron chi connectivity index (χ4n) is 1.24. The van der Waals surface area contributed by atoms with E-state index in [1.165, 1.54) is 0 Å². The van der Waals surface area contributed by atoms with E-state index in [1.807, 2.05) is 11.8 Å². The number of carbonyl (C=O) groups is 1. The van der Waals surface area contributed by atoms with E-state index in [0.717, 1.165) is 38.8 Å². The summed E-state index contributed by atoms with van der Waals surface area (Å²) < 4.78 is 0. The Morgan fingerprint density at radius 1 is 1.31 bits per heavy atom. The number of hydrogen-bond donors (Lipinski definition) is 0. The molecule has 2 heteroatoms. The predicted octanol–water partition coefficient (Wildman–Crippen LogP) is 2.64. The van der Waals surface area contributed by atoms with Crippen molar-refractivity contribution in [3.05, 3.63) is 6.92 Å². The highest BCUT2D eigenvalue weighted by Gasteiger charge is 2.09. The first-order chi connectivity index (χ1) is 6.26. The van der Waals surface area contributed by atoms with Crippen LogP contribution in [0.5, 0.6) is 0 Å². The number of carbonyl (C=O) groups excluding carboxylic acids is 1. The van der Waals surface area contributed by atoms with Gasteiger partial charge in [0.15, 0.2) is 0 Å². The number of nitrogens with zero attached hydrogens (tertiary/aromatic N) is 1. The van der Waals surface area contributed by atoms with Crippen LogP contribution in [0.25, 0.3) is 0 Å². The van der Waals surface area contributed by atoms with Gasteiger partial charge in [-0.3, -0.25) is 4.79 Å². The maximum Gasteiger partial charge on any atom is 0.222 e. The highest BCUT2D eigenvalue weighted by atomic mass is 16.2. The lowest BCUT2D eigenvalue weighted by Gasteiger charge is -2.20. The van der Waals surface area contributed by atoms with Gasteiger partial charge in [0.05, 0.1) is 0 Å². The van der Waals surface area contributed by atoms with Gasteiger partial charge in [-0.25, -0.2) is 0 Å². The van der Waals surface area contributed by atoms with Crippen molar-refractivity contribution < 1.29 is 4.79 Å². The van der Waals surface area contributed by atoms with E-state index < -0.39 is 0 Å². The van der Waals surface area contributed by atoms with Gasteiger partial charge >= 0.3 is 0 Å². The zero-order valence-corrected chi connectivity index (χ0v) is 9.01. The van der Waals surface area contributed by atoms with Crippen LogP contribution in [-0.4, -0.2) is 23.9 Å². The summed E-state index contributed by atoms with van der Waals surface area (Å²) in [4.78, 5) is 13.5. The van der Waals surface area contributed by atoms with Crippen LogP contribution in [0.2, 0.25) is 0 Å². The summed E-state index contributed by atoms with van der Waals surface area (Å²) in [6.07, 6.45) is 4.71. The molecule has 0 aromatic carbocycles. The molecule has 0 aliphatic rings. The Labute approximate surface area is 82.3 Å². The van der Waals surface area contributed by atoms with Crippen molar-refractivity contribution in [3.8, 4) is 0 Å². The van der Waals surface area contributed by atoms with E-state index >= 15 is 0 Å². The van der Waals surface area contributed by atoms with Gasteiger partial charge in [-0.15, -0.1) is 0 Å². The third-order valence-electron chi connectivity index (χ3n) is 2.16. The van der Waals surface area contributed by atoms with Crippen LogP contribution in [0, 0.1) is 6.92 Å². The molecule has 0 aliphatic carbocycles. The average molecular weight is 184 g/mol. The second kappa shape index (κ2) is 8.09. The Bertz CT molecular complexity index is 134. The Balaban J connectivity index is 3.71. The van der Waals surface area contributed by atoms with Crippen LogP contribution in [0.1, 0.15) is 46.0 Å². The molecular weight excluding hydrogens is 162 g/mol. The van der Waals surface area contributed by atoms with E-state index in [2.05, 4.69) is 13.8 Å². The van der Waals surface area contributed by atoms with Crippen molar-refractivity contribution in [3.63, 3.8) is 0 Å². The monoisotopic (exact) mass is 184 g/mol. The summed E-state index contributed by atoms with van der Waals surface area (Å²) in [6, 6.07) is 0. The molecule has 2 nitrogen and oxygen atoms in total. The molecule has 0 aromatic heterocycles. The van der Waals surface area contributed by atoms with Gasteiger partial charge < -0.3 is 4.90 Å². The third kappa shape index (κ3) is 5.67. The smallest absolute Gasteiger partial charge is 0.222 e. The van der Waals surface area contributed by atoms with Crippen LogP contribution >= 0.6 is 0 Å². The molecule has 1 amide bonds. The third-order valence-corrected chi connectivity index (χ3v) is 2.16. The summed E-state index contributed by atoms with van der Waals surface area (Å²) in [5.41, 5.74) is 0. The van der Waals surface area contributed by atoms with Crippen LogP contribution in [-0.2, 0) is 4.79 Å². The van der Waals surface area contributed by atoms with E-state index in [9.17, 15) is 4.79 Å². The van der Waals surface area contributed by atoms with Crippen molar-refractivity contribution in [1.29, 1.82) is 0 Å². The minimum Gasteiger partial charge on any atom is -0.343 e. The molecule has 0 saturated carbocycles. The van der Waals surface area contributed by atoms with Crippen molar-refractivity contribution in [2.75, 3.05) is 13.1 Å². The zero-order chi connectivity index (χ0) is 10.1. The average Bonchev–Trinajstić information content (AvgIpc) is 2.16. The fraction of sp³-hybridized carbons (Fsp3) is 0.818. The molecule has 0 unspecified atom stereocenters. The van der Waals surface area contributed by atoms with Gasteiger partial charge in [0.2, 0.25) is 5.91 Å². The molecular formula is C11H22NO. The summed E-state index contributed by atoms with van der Waals surface area (Å²) in [7, 11) is 0. The molecule has 0 N–H and O–H groups in total. The topological polar surface area (TPSA) is 20.3 Å². The van der Waals surface area contributed by atoms with Crippen molar-refractivity contribution in [2.24, 2.45) is 0 Å². The normalized spacial score (nSPS) is 10.1. The van der Waals surface area contributed by atoms with E-state index in [0.29, 0.717) is 12.3 Å². The largest absolute Gasteiger partial charge is 0.343 e. The molecule has 0 rings (SSSR count). The number of rotatable bonds is 7. The van der Waals surface area contributed by atoms with Gasteiger partial charge in [0.1, 0.15) is 0 Å². The van der Waals surface area contributed by atoms with E-state index in [-0.39, 0.29) is 0 Å². The highest BCUT2D eigenvalue weighted by Crippen LogP contribution is 2.02.